The van der Waals surface area contributed by atoms with Crippen LogP contribution in [0, 0.1) is 6.92 Å². The van der Waals surface area contributed by atoms with Crippen molar-refractivity contribution in [2.24, 2.45) is 0 Å². The lowest BCUT2D eigenvalue weighted by Crippen LogP contribution is -2.34. The van der Waals surface area contributed by atoms with Crippen LogP contribution >= 0.6 is 0 Å². The molecule has 0 atom stereocenters. The van der Waals surface area contributed by atoms with E-state index in [2.05, 4.69) is 15.6 Å². The number of imide groups is 1. The monoisotopic (exact) mass is 285 g/mol. The quantitative estimate of drug-likeness (QED) is 0.907. The van der Waals surface area contributed by atoms with Crippen LogP contribution in [-0.2, 0) is 0 Å². The van der Waals surface area contributed by atoms with Gasteiger partial charge in [0, 0.05) is 11.3 Å². The summed E-state index contributed by atoms with van der Waals surface area (Å²) in [4.78, 5) is 27.7. The Morgan fingerprint density at radius 2 is 1.81 bits per heavy atom. The molecule has 108 valence electrons. The Kier molecular flexibility index (Phi) is 4.50. The summed E-state index contributed by atoms with van der Waals surface area (Å²) in [6, 6.07) is 11.0. The van der Waals surface area contributed by atoms with Gasteiger partial charge in [-0.15, -0.1) is 0 Å². The summed E-state index contributed by atoms with van der Waals surface area (Å²) in [7, 11) is 1.54. The molecular formula is C15H15N3O3. The summed E-state index contributed by atoms with van der Waals surface area (Å²) in [5.74, 6) is 0.526. The molecule has 0 aliphatic heterocycles. The van der Waals surface area contributed by atoms with Crippen LogP contribution in [-0.4, -0.2) is 24.0 Å². The number of nitrogens with zero attached hydrogens (tertiary/aromatic N) is 1. The lowest BCUT2D eigenvalue weighted by Gasteiger charge is -2.07. The van der Waals surface area contributed by atoms with Crippen molar-refractivity contribution >= 4 is 17.8 Å². The van der Waals surface area contributed by atoms with Crippen LogP contribution in [0.2, 0.25) is 0 Å². The first-order chi connectivity index (χ1) is 10.1. The first-order valence-corrected chi connectivity index (χ1v) is 6.28. The van der Waals surface area contributed by atoms with Gasteiger partial charge in [0.15, 0.2) is 0 Å². The predicted octanol–water partition coefficient (Wildman–Crippen LogP) is 2.36. The maximum absolute atomic E-state index is 11.9. The minimum atomic E-state index is -0.631. The van der Waals surface area contributed by atoms with Gasteiger partial charge in [0.2, 0.25) is 0 Å². The van der Waals surface area contributed by atoms with E-state index in [1.807, 2.05) is 13.0 Å². The van der Waals surface area contributed by atoms with Gasteiger partial charge in [-0.05, 0) is 43.3 Å². The van der Waals surface area contributed by atoms with Crippen molar-refractivity contribution in [1.82, 2.24) is 10.3 Å². The van der Waals surface area contributed by atoms with E-state index in [1.165, 1.54) is 7.11 Å². The molecule has 0 unspecified atom stereocenters. The van der Waals surface area contributed by atoms with E-state index in [4.69, 9.17) is 4.74 Å². The molecule has 2 aromatic rings. The zero-order chi connectivity index (χ0) is 15.2. The first-order valence-electron chi connectivity index (χ1n) is 6.28. The van der Waals surface area contributed by atoms with Crippen LogP contribution in [0.5, 0.6) is 5.75 Å². The number of carbonyl (C=O) groups is 2. The first kappa shape index (κ1) is 14.5. The van der Waals surface area contributed by atoms with Crippen LogP contribution in [0.25, 0.3) is 0 Å². The van der Waals surface area contributed by atoms with Gasteiger partial charge in [-0.25, -0.2) is 9.78 Å². The second kappa shape index (κ2) is 6.51. The molecule has 1 aromatic carbocycles. The van der Waals surface area contributed by atoms with Crippen LogP contribution in [0.4, 0.5) is 10.6 Å². The van der Waals surface area contributed by atoms with Gasteiger partial charge in [0.25, 0.3) is 5.91 Å². The zero-order valence-corrected chi connectivity index (χ0v) is 11.7. The molecule has 2 N–H and O–H groups in total. The number of hydrogen-bond acceptors (Lipinski definition) is 4. The molecule has 0 saturated carbocycles. The number of urea groups is 1. The molecule has 0 aliphatic carbocycles. The van der Waals surface area contributed by atoms with Gasteiger partial charge in [-0.3, -0.25) is 15.4 Å². The van der Waals surface area contributed by atoms with Crippen LogP contribution in [0.1, 0.15) is 16.1 Å². The van der Waals surface area contributed by atoms with Crippen molar-refractivity contribution in [2.75, 3.05) is 12.4 Å². The lowest BCUT2D eigenvalue weighted by molar-refractivity contribution is 0.0967. The second-order valence-corrected chi connectivity index (χ2v) is 4.30. The van der Waals surface area contributed by atoms with Gasteiger partial charge in [0.1, 0.15) is 11.6 Å². The van der Waals surface area contributed by atoms with Crippen LogP contribution in [0.3, 0.4) is 0 Å². The molecule has 0 fully saturated rings. The average molecular weight is 285 g/mol. The third-order valence-corrected chi connectivity index (χ3v) is 2.71. The Labute approximate surface area is 122 Å². The predicted molar refractivity (Wildman–Crippen MR) is 78.5 cm³/mol. The Morgan fingerprint density at radius 1 is 1.10 bits per heavy atom. The molecule has 0 radical (unpaired) electrons. The molecule has 2 rings (SSSR count). The molecule has 21 heavy (non-hydrogen) atoms. The molecule has 6 nitrogen and oxygen atoms in total. The number of pyridine rings is 1. The smallest absolute Gasteiger partial charge is 0.327 e. The molecule has 1 aromatic heterocycles. The molecule has 6 heteroatoms. The van der Waals surface area contributed by atoms with Crippen molar-refractivity contribution < 1.29 is 14.3 Å². The van der Waals surface area contributed by atoms with E-state index in [-0.39, 0.29) is 0 Å². The number of hydrogen-bond donors (Lipinski definition) is 2. The number of aryl methyl sites for hydroxylation is 1. The summed E-state index contributed by atoms with van der Waals surface area (Å²) in [6.45, 7) is 1.81. The molecule has 3 amide bonds. The van der Waals surface area contributed by atoms with E-state index in [0.717, 1.165) is 5.69 Å². The van der Waals surface area contributed by atoms with Crippen molar-refractivity contribution in [2.45, 2.75) is 6.92 Å². The largest absolute Gasteiger partial charge is 0.497 e. The van der Waals surface area contributed by atoms with Crippen molar-refractivity contribution in [1.29, 1.82) is 0 Å². The number of anilines is 1. The summed E-state index contributed by atoms with van der Waals surface area (Å²) in [5.41, 5.74) is 1.14. The normalized spacial score (nSPS) is 9.81. The van der Waals surface area contributed by atoms with E-state index in [0.29, 0.717) is 17.1 Å². The fourth-order valence-corrected chi connectivity index (χ4v) is 1.68. The number of methoxy groups -OCH3 is 1. The topological polar surface area (TPSA) is 80.3 Å². The second-order valence-electron chi connectivity index (χ2n) is 4.30. The Hall–Kier alpha value is -2.89. The van der Waals surface area contributed by atoms with Crippen LogP contribution in [0.15, 0.2) is 42.5 Å². The number of nitrogens with one attached hydrogen (secondary N) is 2. The highest BCUT2D eigenvalue weighted by Crippen LogP contribution is 2.11. The summed E-state index contributed by atoms with van der Waals surface area (Å²) in [5, 5.41) is 4.73. The third-order valence-electron chi connectivity index (χ3n) is 2.71. The van der Waals surface area contributed by atoms with Crippen molar-refractivity contribution in [3.63, 3.8) is 0 Å². The van der Waals surface area contributed by atoms with Gasteiger partial charge in [-0.2, -0.15) is 0 Å². The van der Waals surface area contributed by atoms with Gasteiger partial charge in [0.05, 0.1) is 7.11 Å². The minimum absolute atomic E-state index is 0.364. The number of carbonyl (C=O) groups excluding carboxylic acids is 2. The Bertz CT molecular complexity index is 653. The van der Waals surface area contributed by atoms with Crippen LogP contribution < -0.4 is 15.4 Å². The molecular weight excluding hydrogens is 270 g/mol. The van der Waals surface area contributed by atoms with Gasteiger partial charge < -0.3 is 4.74 Å². The fraction of sp³-hybridized carbons (Fsp3) is 0.133. The van der Waals surface area contributed by atoms with E-state index in [1.54, 1.807) is 36.4 Å². The number of ether oxygens (including phenoxy) is 1. The molecule has 1 heterocycles. The number of amides is 3. The Morgan fingerprint density at radius 3 is 2.43 bits per heavy atom. The zero-order valence-electron chi connectivity index (χ0n) is 11.7. The highest BCUT2D eigenvalue weighted by Gasteiger charge is 2.10. The van der Waals surface area contributed by atoms with E-state index < -0.39 is 11.9 Å². The standard InChI is InChI=1S/C15H15N3O3/c1-10-4-3-5-13(16-10)17-15(20)18-14(19)11-6-8-12(21-2)9-7-11/h3-9H,1-2H3,(H2,16,17,18,19,20). The number of benzene rings is 1. The summed E-state index contributed by atoms with van der Waals surface area (Å²) in [6.07, 6.45) is 0. The van der Waals surface area contributed by atoms with E-state index >= 15 is 0 Å². The van der Waals surface area contributed by atoms with E-state index in [9.17, 15) is 9.59 Å². The number of aromatic nitrogens is 1. The SMILES string of the molecule is COc1ccc(C(=O)NC(=O)Nc2cccc(C)n2)cc1. The molecule has 0 spiro atoms. The van der Waals surface area contributed by atoms with Gasteiger partial charge in [-0.1, -0.05) is 6.07 Å². The molecule has 0 bridgehead atoms. The van der Waals surface area contributed by atoms with Gasteiger partial charge >= 0.3 is 6.03 Å². The molecule has 0 saturated heterocycles. The minimum Gasteiger partial charge on any atom is -0.497 e. The third kappa shape index (κ3) is 4.04. The Balaban J connectivity index is 1.96. The van der Waals surface area contributed by atoms with Crippen molar-refractivity contribution in [3.05, 3.63) is 53.7 Å². The lowest BCUT2D eigenvalue weighted by atomic mass is 10.2. The highest BCUT2D eigenvalue weighted by molar-refractivity contribution is 6.07. The average Bonchev–Trinajstić information content (AvgIpc) is 2.47. The highest BCUT2D eigenvalue weighted by atomic mass is 16.5. The maximum Gasteiger partial charge on any atom is 0.327 e. The summed E-state index contributed by atoms with van der Waals surface area (Å²) < 4.78 is 5.00. The molecule has 0 aliphatic rings. The summed E-state index contributed by atoms with van der Waals surface area (Å²) >= 11 is 0. The number of rotatable bonds is 3. The fourth-order valence-electron chi connectivity index (χ4n) is 1.68. The van der Waals surface area contributed by atoms with Crippen molar-refractivity contribution in [3.8, 4) is 5.75 Å². The maximum atomic E-state index is 11.9.